The van der Waals surface area contributed by atoms with Gasteiger partial charge in [0.25, 0.3) is 0 Å². The maximum atomic E-state index is 2.79. The van der Waals surface area contributed by atoms with Gasteiger partial charge in [0.1, 0.15) is 0 Å². The molecule has 2 saturated heterocycles. The van der Waals surface area contributed by atoms with E-state index in [1.807, 2.05) is 0 Å². The minimum absolute atomic E-state index is 0.925. The number of rotatable bonds is 1. The average Bonchev–Trinajstić information content (AvgIpc) is 2.54. The van der Waals surface area contributed by atoms with Crippen LogP contribution in [-0.4, -0.2) is 23.5 Å². The molecule has 0 radical (unpaired) electrons. The molecule has 0 spiro atoms. The molecule has 2 heterocycles. The summed E-state index contributed by atoms with van der Waals surface area (Å²) in [5.41, 5.74) is 0. The molecule has 12 heavy (non-hydrogen) atoms. The Bertz CT molecular complexity index is 155. The molecule has 2 aliphatic heterocycles. The normalized spacial score (nSPS) is 43.0. The molecule has 0 N–H and O–H groups in total. The molecule has 0 amide bonds. The summed E-state index contributed by atoms with van der Waals surface area (Å²) in [5.74, 6) is 0.968. The summed E-state index contributed by atoms with van der Waals surface area (Å²) in [6, 6.07) is 1.87. The molecule has 2 fully saturated rings. The largest absolute Gasteiger partial charge is 0.297 e. The van der Waals surface area contributed by atoms with Gasteiger partial charge in [0.2, 0.25) is 0 Å². The van der Waals surface area contributed by atoms with Crippen LogP contribution in [0.25, 0.3) is 0 Å². The number of piperidine rings is 1. The Hall–Kier alpha value is -0.0400. The van der Waals surface area contributed by atoms with Gasteiger partial charge in [-0.25, -0.2) is 0 Å². The van der Waals surface area contributed by atoms with Gasteiger partial charge in [0, 0.05) is 12.1 Å². The molecular weight excluding hydrogens is 146 g/mol. The van der Waals surface area contributed by atoms with Crippen LogP contribution in [0.4, 0.5) is 0 Å². The van der Waals surface area contributed by atoms with Crippen molar-refractivity contribution in [2.24, 2.45) is 5.92 Å². The third kappa shape index (κ3) is 1.28. The Balaban J connectivity index is 2.06. The first-order chi connectivity index (χ1) is 5.83. The highest BCUT2D eigenvalue weighted by molar-refractivity contribution is 4.91. The molecule has 1 nitrogen and oxygen atoms in total. The van der Waals surface area contributed by atoms with Crippen molar-refractivity contribution >= 4 is 0 Å². The summed E-state index contributed by atoms with van der Waals surface area (Å²) in [4.78, 5) is 2.79. The van der Waals surface area contributed by atoms with Gasteiger partial charge in [-0.05, 0) is 44.6 Å². The molecule has 3 atom stereocenters. The van der Waals surface area contributed by atoms with Crippen LogP contribution in [0.5, 0.6) is 0 Å². The lowest BCUT2D eigenvalue weighted by Crippen LogP contribution is -2.46. The van der Waals surface area contributed by atoms with E-state index in [2.05, 4.69) is 18.7 Å². The minimum Gasteiger partial charge on any atom is -0.297 e. The van der Waals surface area contributed by atoms with Crippen LogP contribution < -0.4 is 0 Å². The Morgan fingerprint density at radius 3 is 2.83 bits per heavy atom. The summed E-state index contributed by atoms with van der Waals surface area (Å²) in [6.07, 6.45) is 7.21. The average molecular weight is 167 g/mol. The van der Waals surface area contributed by atoms with Crippen molar-refractivity contribution in [3.8, 4) is 0 Å². The molecule has 1 heteroatoms. The van der Waals surface area contributed by atoms with E-state index in [4.69, 9.17) is 0 Å². The highest BCUT2D eigenvalue weighted by Crippen LogP contribution is 2.35. The predicted octanol–water partition coefficient (Wildman–Crippen LogP) is 2.66. The molecule has 0 aliphatic carbocycles. The summed E-state index contributed by atoms with van der Waals surface area (Å²) in [5, 5.41) is 0. The Morgan fingerprint density at radius 1 is 1.25 bits per heavy atom. The van der Waals surface area contributed by atoms with Gasteiger partial charge < -0.3 is 0 Å². The lowest BCUT2D eigenvalue weighted by Gasteiger charge is -2.41. The summed E-state index contributed by atoms with van der Waals surface area (Å²) >= 11 is 0. The van der Waals surface area contributed by atoms with Gasteiger partial charge in [0.05, 0.1) is 0 Å². The number of fused-ring (bicyclic) bond motifs is 1. The fraction of sp³-hybridized carbons (Fsp3) is 1.00. The van der Waals surface area contributed by atoms with Crippen molar-refractivity contribution in [2.45, 2.75) is 58.0 Å². The van der Waals surface area contributed by atoms with E-state index in [0.29, 0.717) is 0 Å². The van der Waals surface area contributed by atoms with Crippen LogP contribution in [0, 0.1) is 5.92 Å². The first kappa shape index (κ1) is 8.55. The first-order valence-electron chi connectivity index (χ1n) is 5.58. The lowest BCUT2D eigenvalue weighted by molar-refractivity contribution is 0.0795. The summed E-state index contributed by atoms with van der Waals surface area (Å²) in [6.45, 7) is 6.17. The second-order valence-corrected chi connectivity index (χ2v) is 4.56. The van der Waals surface area contributed by atoms with Crippen LogP contribution in [0.1, 0.15) is 46.0 Å². The zero-order valence-corrected chi connectivity index (χ0v) is 8.42. The third-order valence-corrected chi connectivity index (χ3v) is 3.89. The third-order valence-electron chi connectivity index (χ3n) is 3.89. The highest BCUT2D eigenvalue weighted by Gasteiger charge is 2.36. The van der Waals surface area contributed by atoms with E-state index >= 15 is 0 Å². The number of hydrogen-bond donors (Lipinski definition) is 0. The van der Waals surface area contributed by atoms with E-state index in [1.165, 1.54) is 38.6 Å². The van der Waals surface area contributed by atoms with Crippen molar-refractivity contribution in [1.82, 2.24) is 4.90 Å². The molecule has 70 valence electrons. The number of nitrogens with zero attached hydrogens (tertiary/aromatic N) is 1. The first-order valence-corrected chi connectivity index (χ1v) is 5.58. The van der Waals surface area contributed by atoms with E-state index < -0.39 is 0 Å². The summed E-state index contributed by atoms with van der Waals surface area (Å²) < 4.78 is 0. The van der Waals surface area contributed by atoms with Crippen LogP contribution in [0.3, 0.4) is 0 Å². The maximum absolute atomic E-state index is 2.79. The van der Waals surface area contributed by atoms with Crippen molar-refractivity contribution in [3.05, 3.63) is 0 Å². The topological polar surface area (TPSA) is 3.24 Å². The quantitative estimate of drug-likeness (QED) is 0.580. The van der Waals surface area contributed by atoms with E-state index in [0.717, 1.165) is 18.0 Å². The summed E-state index contributed by atoms with van der Waals surface area (Å²) in [7, 11) is 0. The second kappa shape index (κ2) is 3.37. The maximum Gasteiger partial charge on any atom is 0.0124 e. The minimum atomic E-state index is 0.925. The van der Waals surface area contributed by atoms with Gasteiger partial charge in [-0.2, -0.15) is 0 Å². The van der Waals surface area contributed by atoms with Gasteiger partial charge in [-0.1, -0.05) is 13.8 Å². The van der Waals surface area contributed by atoms with Gasteiger partial charge in [-0.15, -0.1) is 0 Å². The van der Waals surface area contributed by atoms with Gasteiger partial charge in [0.15, 0.2) is 0 Å². The van der Waals surface area contributed by atoms with Crippen LogP contribution in [0.15, 0.2) is 0 Å². The fourth-order valence-electron chi connectivity index (χ4n) is 3.13. The lowest BCUT2D eigenvalue weighted by atomic mass is 9.86. The molecular formula is C11H21N. The van der Waals surface area contributed by atoms with Crippen molar-refractivity contribution in [3.63, 3.8) is 0 Å². The zero-order chi connectivity index (χ0) is 8.55. The van der Waals surface area contributed by atoms with E-state index in [1.54, 1.807) is 0 Å². The highest BCUT2D eigenvalue weighted by atomic mass is 15.2. The standard InChI is InChI=1S/C11H21N/c1-3-10-7-6-9(2)11-5-4-8-12(10)11/h9-11H,3-8H2,1-2H3. The molecule has 0 aromatic carbocycles. The van der Waals surface area contributed by atoms with Gasteiger partial charge >= 0.3 is 0 Å². The van der Waals surface area contributed by atoms with Crippen LogP contribution >= 0.6 is 0 Å². The second-order valence-electron chi connectivity index (χ2n) is 4.56. The number of hydrogen-bond acceptors (Lipinski definition) is 1. The molecule has 0 aromatic rings. The molecule has 3 unspecified atom stereocenters. The van der Waals surface area contributed by atoms with Crippen molar-refractivity contribution in [1.29, 1.82) is 0 Å². The molecule has 0 bridgehead atoms. The molecule has 2 aliphatic rings. The Labute approximate surface area is 76.1 Å². The zero-order valence-electron chi connectivity index (χ0n) is 8.42. The molecule has 2 rings (SSSR count). The smallest absolute Gasteiger partial charge is 0.0124 e. The molecule has 0 saturated carbocycles. The monoisotopic (exact) mass is 167 g/mol. The molecule has 0 aromatic heterocycles. The van der Waals surface area contributed by atoms with Crippen LogP contribution in [0.2, 0.25) is 0 Å². The Morgan fingerprint density at radius 2 is 2.08 bits per heavy atom. The fourth-order valence-corrected chi connectivity index (χ4v) is 3.13. The predicted molar refractivity (Wildman–Crippen MR) is 52.2 cm³/mol. The van der Waals surface area contributed by atoms with Gasteiger partial charge in [-0.3, -0.25) is 4.90 Å². The Kier molecular flexibility index (Phi) is 2.40. The SMILES string of the molecule is CCC1CCC(C)C2CCCN12. The van der Waals surface area contributed by atoms with E-state index in [-0.39, 0.29) is 0 Å². The van der Waals surface area contributed by atoms with Crippen molar-refractivity contribution < 1.29 is 0 Å². The van der Waals surface area contributed by atoms with Crippen LogP contribution in [-0.2, 0) is 0 Å². The van der Waals surface area contributed by atoms with E-state index in [9.17, 15) is 0 Å². The van der Waals surface area contributed by atoms with Crippen molar-refractivity contribution in [2.75, 3.05) is 6.54 Å².